The van der Waals surface area contributed by atoms with E-state index in [-0.39, 0.29) is 24.9 Å². The Morgan fingerprint density at radius 2 is 1.89 bits per heavy atom. The maximum Gasteiger partial charge on any atom is 0.122 e. The van der Waals surface area contributed by atoms with Crippen LogP contribution in [0.3, 0.4) is 0 Å². The fourth-order valence-corrected chi connectivity index (χ4v) is 0.236. The van der Waals surface area contributed by atoms with E-state index in [1.54, 1.807) is 0 Å². The summed E-state index contributed by atoms with van der Waals surface area (Å²) in [7, 11) is 0. The van der Waals surface area contributed by atoms with Crippen molar-refractivity contribution in [3.05, 3.63) is 0 Å². The molecule has 58 valence electrons. The Balaban J connectivity index is 0. The van der Waals surface area contributed by atoms with Crippen LogP contribution in [0.4, 0.5) is 4.39 Å². The number of alkyl halides is 1. The van der Waals surface area contributed by atoms with Gasteiger partial charge in [0.1, 0.15) is 5.67 Å². The lowest BCUT2D eigenvalue weighted by Gasteiger charge is -2.21. The molecule has 0 aliphatic heterocycles. The Hall–Kier alpha value is 0.180. The standard InChI is InChI=1S/C6H14FN.ClH/c1-5(2)6(3,7)4-8;/h5H,4,8H2,1-3H3;1H. The molecule has 1 atom stereocenters. The van der Waals surface area contributed by atoms with E-state index in [1.165, 1.54) is 6.92 Å². The van der Waals surface area contributed by atoms with Crippen molar-refractivity contribution in [2.45, 2.75) is 26.4 Å². The third kappa shape index (κ3) is 3.71. The third-order valence-electron chi connectivity index (χ3n) is 1.60. The van der Waals surface area contributed by atoms with Gasteiger partial charge in [0.25, 0.3) is 0 Å². The second kappa shape index (κ2) is 4.07. The van der Waals surface area contributed by atoms with Gasteiger partial charge in [0.05, 0.1) is 0 Å². The summed E-state index contributed by atoms with van der Waals surface area (Å²) in [6.07, 6.45) is 0. The quantitative estimate of drug-likeness (QED) is 0.646. The van der Waals surface area contributed by atoms with Gasteiger partial charge < -0.3 is 5.73 Å². The van der Waals surface area contributed by atoms with Crippen molar-refractivity contribution in [3.63, 3.8) is 0 Å². The van der Waals surface area contributed by atoms with Gasteiger partial charge in [-0.2, -0.15) is 0 Å². The smallest absolute Gasteiger partial charge is 0.122 e. The third-order valence-corrected chi connectivity index (χ3v) is 1.60. The molecule has 1 unspecified atom stereocenters. The minimum Gasteiger partial charge on any atom is -0.328 e. The number of halogens is 2. The largest absolute Gasteiger partial charge is 0.328 e. The van der Waals surface area contributed by atoms with E-state index in [1.807, 2.05) is 13.8 Å². The number of hydrogen-bond donors (Lipinski definition) is 1. The first-order valence-corrected chi connectivity index (χ1v) is 2.89. The van der Waals surface area contributed by atoms with Crippen LogP contribution in [0.2, 0.25) is 0 Å². The van der Waals surface area contributed by atoms with Crippen LogP contribution in [0.1, 0.15) is 20.8 Å². The van der Waals surface area contributed by atoms with Crippen LogP contribution in [0.5, 0.6) is 0 Å². The molecule has 3 heteroatoms. The summed E-state index contributed by atoms with van der Waals surface area (Å²) < 4.78 is 12.8. The summed E-state index contributed by atoms with van der Waals surface area (Å²) in [5, 5.41) is 0. The fourth-order valence-electron chi connectivity index (χ4n) is 0.236. The van der Waals surface area contributed by atoms with E-state index in [4.69, 9.17) is 5.73 Å². The molecule has 9 heavy (non-hydrogen) atoms. The normalized spacial score (nSPS) is 16.7. The van der Waals surface area contributed by atoms with Crippen LogP contribution in [-0.4, -0.2) is 12.2 Å². The predicted octanol–water partition coefficient (Wildman–Crippen LogP) is 1.75. The zero-order chi connectivity index (χ0) is 6.78. The van der Waals surface area contributed by atoms with E-state index in [0.29, 0.717) is 0 Å². The molecule has 0 spiro atoms. The highest BCUT2D eigenvalue weighted by atomic mass is 35.5. The van der Waals surface area contributed by atoms with Crippen LogP contribution in [0.15, 0.2) is 0 Å². The molecule has 0 radical (unpaired) electrons. The van der Waals surface area contributed by atoms with Gasteiger partial charge in [-0.15, -0.1) is 12.4 Å². The Morgan fingerprint density at radius 3 is 1.89 bits per heavy atom. The lowest BCUT2D eigenvalue weighted by Crippen LogP contribution is -2.34. The lowest BCUT2D eigenvalue weighted by atomic mass is 9.95. The van der Waals surface area contributed by atoms with Crippen molar-refractivity contribution in [1.82, 2.24) is 0 Å². The molecule has 2 N–H and O–H groups in total. The van der Waals surface area contributed by atoms with Crippen LogP contribution >= 0.6 is 12.4 Å². The van der Waals surface area contributed by atoms with Gasteiger partial charge in [-0.25, -0.2) is 4.39 Å². The molecular formula is C6H15ClFN. The van der Waals surface area contributed by atoms with Gasteiger partial charge in [-0.1, -0.05) is 13.8 Å². The molecule has 0 aliphatic carbocycles. The molecule has 0 aliphatic rings. The Kier molecular flexibility index (Phi) is 5.39. The fraction of sp³-hybridized carbons (Fsp3) is 1.00. The van der Waals surface area contributed by atoms with Gasteiger partial charge in [0.15, 0.2) is 0 Å². The first-order chi connectivity index (χ1) is 3.50. The second-order valence-electron chi connectivity index (χ2n) is 2.64. The Morgan fingerprint density at radius 1 is 1.56 bits per heavy atom. The summed E-state index contributed by atoms with van der Waals surface area (Å²) in [6, 6.07) is 0. The van der Waals surface area contributed by atoms with Gasteiger partial charge in [-0.05, 0) is 12.8 Å². The van der Waals surface area contributed by atoms with E-state index in [0.717, 1.165) is 0 Å². The summed E-state index contributed by atoms with van der Waals surface area (Å²) in [5.74, 6) is 0.0208. The monoisotopic (exact) mass is 155 g/mol. The van der Waals surface area contributed by atoms with Crippen molar-refractivity contribution in [3.8, 4) is 0 Å². The molecule has 0 fully saturated rings. The maximum absolute atomic E-state index is 12.8. The van der Waals surface area contributed by atoms with Crippen molar-refractivity contribution >= 4 is 12.4 Å². The lowest BCUT2D eigenvalue weighted by molar-refractivity contribution is 0.134. The molecule has 0 aromatic rings. The molecule has 0 aromatic heterocycles. The molecule has 0 heterocycles. The molecule has 0 rings (SSSR count). The van der Waals surface area contributed by atoms with E-state index in [9.17, 15) is 4.39 Å². The van der Waals surface area contributed by atoms with Crippen molar-refractivity contribution in [2.75, 3.05) is 6.54 Å². The molecule has 1 nitrogen and oxygen atoms in total. The highest BCUT2D eigenvalue weighted by Crippen LogP contribution is 2.18. The van der Waals surface area contributed by atoms with Crippen LogP contribution in [-0.2, 0) is 0 Å². The molecular weight excluding hydrogens is 141 g/mol. The molecule has 0 amide bonds. The molecule has 0 aromatic carbocycles. The van der Waals surface area contributed by atoms with Gasteiger partial charge in [0, 0.05) is 6.54 Å². The first-order valence-electron chi connectivity index (χ1n) is 2.89. The highest BCUT2D eigenvalue weighted by molar-refractivity contribution is 5.85. The minimum absolute atomic E-state index is 0. The Bertz CT molecular complexity index is 73.5. The average molecular weight is 156 g/mol. The minimum atomic E-state index is -1.18. The Labute approximate surface area is 62.2 Å². The second-order valence-corrected chi connectivity index (χ2v) is 2.64. The van der Waals surface area contributed by atoms with Crippen LogP contribution < -0.4 is 5.73 Å². The number of hydrogen-bond acceptors (Lipinski definition) is 1. The number of nitrogens with two attached hydrogens (primary N) is 1. The van der Waals surface area contributed by atoms with Gasteiger partial charge >= 0.3 is 0 Å². The van der Waals surface area contributed by atoms with Gasteiger partial charge in [0.2, 0.25) is 0 Å². The van der Waals surface area contributed by atoms with E-state index < -0.39 is 5.67 Å². The molecule has 0 bridgehead atoms. The maximum atomic E-state index is 12.8. The topological polar surface area (TPSA) is 26.0 Å². The highest BCUT2D eigenvalue weighted by Gasteiger charge is 2.24. The summed E-state index contributed by atoms with van der Waals surface area (Å²) in [4.78, 5) is 0. The van der Waals surface area contributed by atoms with Crippen molar-refractivity contribution < 1.29 is 4.39 Å². The summed E-state index contributed by atoms with van der Waals surface area (Å²) in [5.41, 5.74) is 3.95. The average Bonchev–Trinajstić information content (AvgIpc) is 1.67. The number of rotatable bonds is 2. The van der Waals surface area contributed by atoms with E-state index in [2.05, 4.69) is 0 Å². The van der Waals surface area contributed by atoms with Crippen molar-refractivity contribution in [2.24, 2.45) is 11.7 Å². The summed E-state index contributed by atoms with van der Waals surface area (Å²) >= 11 is 0. The van der Waals surface area contributed by atoms with Gasteiger partial charge in [-0.3, -0.25) is 0 Å². The van der Waals surface area contributed by atoms with Crippen LogP contribution in [0, 0.1) is 5.92 Å². The van der Waals surface area contributed by atoms with Crippen LogP contribution in [0.25, 0.3) is 0 Å². The molecule has 0 saturated carbocycles. The zero-order valence-electron chi connectivity index (χ0n) is 6.15. The molecule has 0 saturated heterocycles. The zero-order valence-corrected chi connectivity index (χ0v) is 6.96. The van der Waals surface area contributed by atoms with Crippen molar-refractivity contribution in [1.29, 1.82) is 0 Å². The van der Waals surface area contributed by atoms with E-state index >= 15 is 0 Å². The SMILES string of the molecule is CC(C)C(C)(F)CN.Cl. The predicted molar refractivity (Wildman–Crippen MR) is 40.7 cm³/mol. The summed E-state index contributed by atoms with van der Waals surface area (Å²) in [6.45, 7) is 5.29. The first kappa shape index (κ1) is 11.9.